The Morgan fingerprint density at radius 3 is 2.46 bits per heavy atom. The van der Waals surface area contributed by atoms with Crippen LogP contribution in [0.25, 0.3) is 0 Å². The molecule has 1 heterocycles. The van der Waals surface area contributed by atoms with Crippen molar-refractivity contribution in [3.63, 3.8) is 0 Å². The van der Waals surface area contributed by atoms with Gasteiger partial charge in [0.15, 0.2) is 6.10 Å². The van der Waals surface area contributed by atoms with E-state index in [0.29, 0.717) is 11.6 Å². The monoisotopic (exact) mass is 354 g/mol. The third-order valence-corrected chi connectivity index (χ3v) is 4.91. The molecule has 1 atom stereocenters. The first-order chi connectivity index (χ1) is 12.3. The largest absolute Gasteiger partial charge is 0.449 e. The standard InChI is InChI=1S/C21H26N2O3/c1-12-6-9-19(13(2)10-12)22-20(24)16(5)26-21(25)18-11-14(3)23(15(18)4)17-7-8-17/h6,9-11,16-17H,7-8H2,1-5H3,(H,22,24). The molecule has 0 radical (unpaired) electrons. The second kappa shape index (κ2) is 6.98. The molecule has 138 valence electrons. The Labute approximate surface area is 154 Å². The lowest BCUT2D eigenvalue weighted by Gasteiger charge is -2.15. The Kier molecular flexibility index (Phi) is 4.90. The summed E-state index contributed by atoms with van der Waals surface area (Å²) < 4.78 is 7.61. The molecule has 3 rings (SSSR count). The van der Waals surface area contributed by atoms with Crippen molar-refractivity contribution in [1.82, 2.24) is 4.57 Å². The number of hydrogen-bond acceptors (Lipinski definition) is 3. The van der Waals surface area contributed by atoms with Crippen molar-refractivity contribution in [3.8, 4) is 0 Å². The lowest BCUT2D eigenvalue weighted by Crippen LogP contribution is -2.30. The van der Waals surface area contributed by atoms with Crippen molar-refractivity contribution in [3.05, 3.63) is 52.3 Å². The average Bonchev–Trinajstić information content (AvgIpc) is 3.35. The predicted molar refractivity (Wildman–Crippen MR) is 102 cm³/mol. The Hall–Kier alpha value is -2.56. The molecule has 5 nitrogen and oxygen atoms in total. The van der Waals surface area contributed by atoms with Crippen LogP contribution in [0.1, 0.15) is 58.7 Å². The number of ether oxygens (including phenoxy) is 1. The lowest BCUT2D eigenvalue weighted by molar-refractivity contribution is -0.123. The molecule has 1 unspecified atom stereocenters. The Bertz CT molecular complexity index is 862. The molecule has 2 aromatic rings. The number of anilines is 1. The van der Waals surface area contributed by atoms with Crippen molar-refractivity contribution in [2.24, 2.45) is 0 Å². The maximum absolute atomic E-state index is 12.5. The van der Waals surface area contributed by atoms with E-state index in [9.17, 15) is 9.59 Å². The summed E-state index contributed by atoms with van der Waals surface area (Å²) in [7, 11) is 0. The van der Waals surface area contributed by atoms with Crippen LogP contribution in [-0.2, 0) is 9.53 Å². The normalized spacial score (nSPS) is 14.8. The van der Waals surface area contributed by atoms with Gasteiger partial charge in [0.25, 0.3) is 5.91 Å². The van der Waals surface area contributed by atoms with Crippen LogP contribution in [0.4, 0.5) is 5.69 Å². The number of carbonyl (C=O) groups excluding carboxylic acids is 2. The van der Waals surface area contributed by atoms with Gasteiger partial charge in [-0.25, -0.2) is 4.79 Å². The number of esters is 1. The van der Waals surface area contributed by atoms with Crippen LogP contribution in [0, 0.1) is 27.7 Å². The topological polar surface area (TPSA) is 60.3 Å². The van der Waals surface area contributed by atoms with Gasteiger partial charge < -0.3 is 14.6 Å². The fourth-order valence-corrected chi connectivity index (χ4v) is 3.34. The van der Waals surface area contributed by atoms with E-state index in [1.54, 1.807) is 6.92 Å². The Morgan fingerprint density at radius 2 is 1.85 bits per heavy atom. The fraction of sp³-hybridized carbons (Fsp3) is 0.429. The summed E-state index contributed by atoms with van der Waals surface area (Å²) in [6.07, 6.45) is 1.44. The zero-order chi connectivity index (χ0) is 19.0. The van der Waals surface area contributed by atoms with Crippen LogP contribution in [0.5, 0.6) is 0 Å². The smallest absolute Gasteiger partial charge is 0.340 e. The van der Waals surface area contributed by atoms with Gasteiger partial charge in [-0.05, 0) is 65.2 Å². The summed E-state index contributed by atoms with van der Waals surface area (Å²) >= 11 is 0. The lowest BCUT2D eigenvalue weighted by atomic mass is 10.1. The van der Waals surface area contributed by atoms with Gasteiger partial charge in [-0.1, -0.05) is 17.7 Å². The van der Waals surface area contributed by atoms with Crippen molar-refractivity contribution >= 4 is 17.6 Å². The summed E-state index contributed by atoms with van der Waals surface area (Å²) in [5.41, 5.74) is 5.35. The van der Waals surface area contributed by atoms with Gasteiger partial charge in [0.2, 0.25) is 0 Å². The Morgan fingerprint density at radius 1 is 1.15 bits per heavy atom. The number of aryl methyl sites for hydroxylation is 3. The van der Waals surface area contributed by atoms with E-state index in [1.807, 2.05) is 52.0 Å². The molecule has 1 aromatic carbocycles. The minimum Gasteiger partial charge on any atom is -0.449 e. The van der Waals surface area contributed by atoms with E-state index in [-0.39, 0.29) is 5.91 Å². The maximum atomic E-state index is 12.5. The minimum atomic E-state index is -0.868. The first-order valence-corrected chi connectivity index (χ1v) is 9.05. The van der Waals surface area contributed by atoms with Gasteiger partial charge in [0.05, 0.1) is 5.56 Å². The second-order valence-electron chi connectivity index (χ2n) is 7.24. The van der Waals surface area contributed by atoms with E-state index < -0.39 is 12.1 Å². The zero-order valence-electron chi connectivity index (χ0n) is 16.1. The molecule has 1 aromatic heterocycles. The minimum absolute atomic E-state index is 0.332. The molecule has 0 aliphatic heterocycles. The van der Waals surface area contributed by atoms with Crippen molar-refractivity contribution in [2.45, 2.75) is 59.6 Å². The molecule has 0 bridgehead atoms. The molecule has 1 saturated carbocycles. The molecule has 26 heavy (non-hydrogen) atoms. The van der Waals surface area contributed by atoms with E-state index in [1.165, 1.54) is 0 Å². The van der Waals surface area contributed by atoms with Gasteiger partial charge in [-0.2, -0.15) is 0 Å². The van der Waals surface area contributed by atoms with E-state index in [4.69, 9.17) is 4.74 Å². The maximum Gasteiger partial charge on any atom is 0.340 e. The molecule has 1 fully saturated rings. The van der Waals surface area contributed by atoms with E-state index >= 15 is 0 Å². The van der Waals surface area contributed by atoms with Gasteiger partial charge in [0, 0.05) is 23.1 Å². The van der Waals surface area contributed by atoms with Crippen LogP contribution < -0.4 is 5.32 Å². The first-order valence-electron chi connectivity index (χ1n) is 9.05. The third kappa shape index (κ3) is 3.66. The molecular formula is C21H26N2O3. The van der Waals surface area contributed by atoms with Crippen LogP contribution in [-0.4, -0.2) is 22.5 Å². The molecule has 1 aliphatic rings. The number of rotatable bonds is 5. The Balaban J connectivity index is 1.67. The number of carbonyl (C=O) groups is 2. The molecule has 1 N–H and O–H groups in total. The molecule has 5 heteroatoms. The summed E-state index contributed by atoms with van der Waals surface area (Å²) in [5.74, 6) is -0.783. The van der Waals surface area contributed by atoms with Crippen molar-refractivity contribution in [1.29, 1.82) is 0 Å². The first kappa shape index (κ1) is 18.2. The number of benzene rings is 1. The highest BCUT2D eigenvalue weighted by Gasteiger charge is 2.29. The van der Waals surface area contributed by atoms with Crippen LogP contribution in [0.3, 0.4) is 0 Å². The summed E-state index contributed by atoms with van der Waals surface area (Å²) in [5, 5.41) is 2.83. The number of aromatic nitrogens is 1. The van der Waals surface area contributed by atoms with E-state index in [0.717, 1.165) is 41.0 Å². The number of amides is 1. The average molecular weight is 354 g/mol. The molecule has 1 aliphatic carbocycles. The highest BCUT2D eigenvalue weighted by Crippen LogP contribution is 2.38. The van der Waals surface area contributed by atoms with E-state index in [2.05, 4.69) is 9.88 Å². The van der Waals surface area contributed by atoms with Gasteiger partial charge in [-0.15, -0.1) is 0 Å². The number of hydrogen-bond donors (Lipinski definition) is 1. The highest BCUT2D eigenvalue weighted by atomic mass is 16.5. The summed E-state index contributed by atoms with van der Waals surface area (Å²) in [4.78, 5) is 24.9. The number of nitrogens with one attached hydrogen (secondary N) is 1. The SMILES string of the molecule is Cc1ccc(NC(=O)C(C)OC(=O)c2cc(C)n(C3CC3)c2C)c(C)c1. The fourth-order valence-electron chi connectivity index (χ4n) is 3.34. The quantitative estimate of drug-likeness (QED) is 0.817. The van der Waals surface area contributed by atoms with Gasteiger partial charge in [0.1, 0.15) is 0 Å². The predicted octanol–water partition coefficient (Wildman–Crippen LogP) is 4.24. The summed E-state index contributed by atoms with van der Waals surface area (Å²) in [6.45, 7) is 9.46. The third-order valence-electron chi connectivity index (χ3n) is 4.91. The van der Waals surface area contributed by atoms with Gasteiger partial charge in [-0.3, -0.25) is 4.79 Å². The zero-order valence-corrected chi connectivity index (χ0v) is 16.1. The summed E-state index contributed by atoms with van der Waals surface area (Å²) in [6, 6.07) is 8.15. The van der Waals surface area contributed by atoms with Crippen LogP contribution in [0.15, 0.2) is 24.3 Å². The molecular weight excluding hydrogens is 328 g/mol. The molecule has 0 spiro atoms. The van der Waals surface area contributed by atoms with Crippen LogP contribution >= 0.6 is 0 Å². The van der Waals surface area contributed by atoms with Crippen LogP contribution in [0.2, 0.25) is 0 Å². The highest BCUT2D eigenvalue weighted by molar-refractivity contribution is 5.98. The van der Waals surface area contributed by atoms with Crippen molar-refractivity contribution in [2.75, 3.05) is 5.32 Å². The molecule has 1 amide bonds. The second-order valence-corrected chi connectivity index (χ2v) is 7.24. The van der Waals surface area contributed by atoms with Crippen molar-refractivity contribution < 1.29 is 14.3 Å². The molecule has 0 saturated heterocycles. The van der Waals surface area contributed by atoms with Gasteiger partial charge >= 0.3 is 5.97 Å². The number of nitrogens with zero attached hydrogens (tertiary/aromatic N) is 1.